The summed E-state index contributed by atoms with van der Waals surface area (Å²) in [7, 11) is 0. The smallest absolute Gasteiger partial charge is 0.256 e. The molecule has 3 heterocycles. The van der Waals surface area contributed by atoms with E-state index in [1.807, 2.05) is 32.1 Å². The SMILES string of the molecule is Cc1[nH]c(/C=C2\C(=O)NC3=CCCC(c4ccccc4F)=C32)c(C)c1CC(=O)NCCN1CCCC1. The number of fused-ring (bicyclic) bond motifs is 1. The molecule has 0 radical (unpaired) electrons. The van der Waals surface area contributed by atoms with Crippen LogP contribution >= 0.6 is 0 Å². The first-order valence-corrected chi connectivity index (χ1v) is 12.8. The summed E-state index contributed by atoms with van der Waals surface area (Å²) in [5, 5.41) is 6.00. The van der Waals surface area contributed by atoms with E-state index in [-0.39, 0.29) is 24.1 Å². The highest BCUT2D eigenvalue weighted by Gasteiger charge is 2.33. The second kappa shape index (κ2) is 10.3. The van der Waals surface area contributed by atoms with Gasteiger partial charge in [-0.1, -0.05) is 24.3 Å². The first kappa shape index (κ1) is 24.3. The largest absolute Gasteiger partial charge is 0.359 e. The third-order valence-electron chi connectivity index (χ3n) is 7.48. The van der Waals surface area contributed by atoms with Crippen LogP contribution in [0.25, 0.3) is 11.6 Å². The van der Waals surface area contributed by atoms with E-state index in [1.54, 1.807) is 12.1 Å². The number of carbonyl (C=O) groups is 2. The molecule has 36 heavy (non-hydrogen) atoms. The summed E-state index contributed by atoms with van der Waals surface area (Å²) in [4.78, 5) is 31.4. The maximum Gasteiger partial charge on any atom is 0.256 e. The number of aromatic nitrogens is 1. The minimum Gasteiger partial charge on any atom is -0.359 e. The molecule has 5 rings (SSSR count). The first-order valence-electron chi connectivity index (χ1n) is 12.8. The van der Waals surface area contributed by atoms with Crippen molar-refractivity contribution in [3.8, 4) is 0 Å². The van der Waals surface area contributed by atoms with Crippen LogP contribution in [0.4, 0.5) is 4.39 Å². The fraction of sp³-hybridized carbons (Fsp3) is 0.379. The number of aromatic amines is 1. The van der Waals surface area contributed by atoms with E-state index in [2.05, 4.69) is 20.5 Å². The number of benzene rings is 1. The number of hydrogen-bond donors (Lipinski definition) is 3. The van der Waals surface area contributed by atoms with Crippen molar-refractivity contribution in [3.63, 3.8) is 0 Å². The molecule has 1 aromatic heterocycles. The van der Waals surface area contributed by atoms with Crippen LogP contribution in [0, 0.1) is 19.7 Å². The fourth-order valence-corrected chi connectivity index (χ4v) is 5.54. The van der Waals surface area contributed by atoms with E-state index in [4.69, 9.17) is 0 Å². The van der Waals surface area contributed by atoms with E-state index < -0.39 is 0 Å². The number of halogens is 1. The monoisotopic (exact) mass is 488 g/mol. The molecule has 0 spiro atoms. The number of likely N-dealkylation sites (tertiary alicyclic amines) is 1. The van der Waals surface area contributed by atoms with Gasteiger partial charge in [0, 0.05) is 41.3 Å². The molecule has 0 bridgehead atoms. The maximum absolute atomic E-state index is 14.7. The number of hydrogen-bond acceptors (Lipinski definition) is 3. The summed E-state index contributed by atoms with van der Waals surface area (Å²) in [6.07, 6.45) is 8.02. The number of amides is 2. The summed E-state index contributed by atoms with van der Waals surface area (Å²) >= 11 is 0. The van der Waals surface area contributed by atoms with Gasteiger partial charge in [-0.2, -0.15) is 0 Å². The van der Waals surface area contributed by atoms with Crippen molar-refractivity contribution >= 4 is 23.5 Å². The Bertz CT molecular complexity index is 1290. The van der Waals surface area contributed by atoms with Gasteiger partial charge in [0.2, 0.25) is 5.91 Å². The van der Waals surface area contributed by atoms with Crippen molar-refractivity contribution in [2.45, 2.75) is 46.0 Å². The molecule has 3 N–H and O–H groups in total. The van der Waals surface area contributed by atoms with Crippen LogP contribution < -0.4 is 10.6 Å². The van der Waals surface area contributed by atoms with Crippen molar-refractivity contribution in [2.24, 2.45) is 0 Å². The number of nitrogens with one attached hydrogen (secondary N) is 3. The first-order chi connectivity index (χ1) is 17.4. The average molecular weight is 489 g/mol. The van der Waals surface area contributed by atoms with Gasteiger partial charge in [0.1, 0.15) is 5.82 Å². The summed E-state index contributed by atoms with van der Waals surface area (Å²) in [6.45, 7) is 7.69. The van der Waals surface area contributed by atoms with Gasteiger partial charge in [-0.3, -0.25) is 9.59 Å². The lowest BCUT2D eigenvalue weighted by Gasteiger charge is -2.17. The van der Waals surface area contributed by atoms with Gasteiger partial charge in [-0.05, 0) is 81.5 Å². The van der Waals surface area contributed by atoms with Crippen molar-refractivity contribution in [1.82, 2.24) is 20.5 Å². The quantitative estimate of drug-likeness (QED) is 0.512. The minimum atomic E-state index is -0.287. The van der Waals surface area contributed by atoms with Gasteiger partial charge in [0.25, 0.3) is 5.91 Å². The number of rotatable bonds is 7. The number of H-pyrrole nitrogens is 1. The summed E-state index contributed by atoms with van der Waals surface area (Å²) < 4.78 is 14.7. The van der Waals surface area contributed by atoms with Gasteiger partial charge < -0.3 is 20.5 Å². The predicted octanol–water partition coefficient (Wildman–Crippen LogP) is 4.17. The van der Waals surface area contributed by atoms with Crippen LogP contribution in [-0.2, 0) is 16.0 Å². The second-order valence-electron chi connectivity index (χ2n) is 9.84. The lowest BCUT2D eigenvalue weighted by Crippen LogP contribution is -2.34. The Balaban J connectivity index is 1.40. The van der Waals surface area contributed by atoms with Gasteiger partial charge in [0.05, 0.1) is 12.0 Å². The zero-order valence-corrected chi connectivity index (χ0v) is 21.0. The van der Waals surface area contributed by atoms with Crippen LogP contribution in [0.5, 0.6) is 0 Å². The molecule has 1 aliphatic carbocycles. The molecule has 188 valence electrons. The van der Waals surface area contributed by atoms with E-state index in [0.717, 1.165) is 65.4 Å². The molecule has 2 aromatic rings. The lowest BCUT2D eigenvalue weighted by atomic mass is 9.87. The summed E-state index contributed by atoms with van der Waals surface area (Å²) in [5.41, 5.74) is 7.01. The normalized spacial score (nSPS) is 19.0. The van der Waals surface area contributed by atoms with Crippen LogP contribution in [0.2, 0.25) is 0 Å². The Morgan fingerprint density at radius 3 is 2.75 bits per heavy atom. The molecular formula is C29H33FN4O2. The Morgan fingerprint density at radius 1 is 1.19 bits per heavy atom. The molecule has 3 aliphatic rings. The topological polar surface area (TPSA) is 77.2 Å². The van der Waals surface area contributed by atoms with Gasteiger partial charge >= 0.3 is 0 Å². The predicted molar refractivity (Wildman–Crippen MR) is 139 cm³/mol. The van der Waals surface area contributed by atoms with E-state index >= 15 is 0 Å². The molecule has 0 unspecified atom stereocenters. The van der Waals surface area contributed by atoms with Crippen LogP contribution in [0.15, 0.2) is 47.2 Å². The third-order valence-corrected chi connectivity index (χ3v) is 7.48. The Kier molecular flexibility index (Phi) is 6.92. The second-order valence-corrected chi connectivity index (χ2v) is 9.84. The van der Waals surface area contributed by atoms with Gasteiger partial charge in [-0.25, -0.2) is 4.39 Å². The average Bonchev–Trinajstić information content (AvgIpc) is 3.55. The molecule has 7 heteroatoms. The van der Waals surface area contributed by atoms with E-state index in [9.17, 15) is 14.0 Å². The fourth-order valence-electron chi connectivity index (χ4n) is 5.54. The molecule has 0 atom stereocenters. The number of carbonyl (C=O) groups excluding carboxylic acids is 2. The van der Waals surface area contributed by atoms with E-state index in [0.29, 0.717) is 24.1 Å². The molecular weight excluding hydrogens is 455 g/mol. The summed E-state index contributed by atoms with van der Waals surface area (Å²) in [6, 6.07) is 6.72. The molecule has 2 aliphatic heterocycles. The molecule has 1 aromatic carbocycles. The minimum absolute atomic E-state index is 0.000688. The zero-order chi connectivity index (χ0) is 25.2. The van der Waals surface area contributed by atoms with Gasteiger partial charge in [0.15, 0.2) is 0 Å². The van der Waals surface area contributed by atoms with E-state index in [1.165, 1.54) is 18.9 Å². The molecule has 2 saturated heterocycles. The molecule has 2 amide bonds. The lowest BCUT2D eigenvalue weighted by molar-refractivity contribution is -0.120. The standard InChI is InChI=1S/C29H33FN4O2/c1-18-22(17-27(35)31-12-15-34-13-5-6-14-34)19(2)32-26(18)16-23-28-21(20-8-3-4-10-24(20)30)9-7-11-25(28)33-29(23)36/h3-4,8,10-11,16,32H,5-7,9,12-15,17H2,1-2H3,(H,31,35)(H,33,36)/b23-16-. The van der Waals surface area contributed by atoms with Crippen LogP contribution in [0.1, 0.15) is 53.8 Å². The Morgan fingerprint density at radius 2 is 1.97 bits per heavy atom. The number of allylic oxidation sites excluding steroid dienone is 3. The van der Waals surface area contributed by atoms with Crippen molar-refractivity contribution < 1.29 is 14.0 Å². The van der Waals surface area contributed by atoms with Crippen molar-refractivity contribution in [2.75, 3.05) is 26.2 Å². The summed E-state index contributed by atoms with van der Waals surface area (Å²) in [5.74, 6) is -0.482. The zero-order valence-electron chi connectivity index (χ0n) is 21.0. The van der Waals surface area contributed by atoms with Crippen molar-refractivity contribution in [1.29, 1.82) is 0 Å². The highest BCUT2D eigenvalue weighted by atomic mass is 19.1. The highest BCUT2D eigenvalue weighted by Crippen LogP contribution is 2.40. The van der Waals surface area contributed by atoms with Gasteiger partial charge in [-0.15, -0.1) is 0 Å². The Labute approximate surface area is 211 Å². The van der Waals surface area contributed by atoms with Crippen molar-refractivity contribution in [3.05, 3.63) is 81.1 Å². The van der Waals surface area contributed by atoms with Crippen LogP contribution in [0.3, 0.4) is 0 Å². The highest BCUT2D eigenvalue weighted by molar-refractivity contribution is 6.12. The van der Waals surface area contributed by atoms with Crippen LogP contribution in [-0.4, -0.2) is 47.9 Å². The maximum atomic E-state index is 14.7. The molecule has 0 saturated carbocycles. The molecule has 6 nitrogen and oxygen atoms in total. The Hall–Kier alpha value is -3.45. The molecule has 2 fully saturated rings. The number of nitrogens with zero attached hydrogens (tertiary/aromatic N) is 1. The number of aryl methyl sites for hydroxylation is 1. The third kappa shape index (κ3) is 4.80.